The normalized spacial score (nSPS) is 29.3. The second-order valence-corrected chi connectivity index (χ2v) is 5.03. The molecular formula is C12H23NO2. The molecule has 3 nitrogen and oxygen atoms in total. The molecule has 1 aliphatic heterocycles. The Labute approximate surface area is 92.5 Å². The fraction of sp³-hybridized carbons (Fsp3) is 0.917. The van der Waals surface area contributed by atoms with Crippen LogP contribution in [0.4, 0.5) is 0 Å². The van der Waals surface area contributed by atoms with Crippen LogP contribution in [0.25, 0.3) is 0 Å². The fourth-order valence-corrected chi connectivity index (χ4v) is 2.56. The summed E-state index contributed by atoms with van der Waals surface area (Å²) in [5.41, 5.74) is 0. The van der Waals surface area contributed by atoms with Gasteiger partial charge >= 0.3 is 5.97 Å². The van der Waals surface area contributed by atoms with Crippen molar-refractivity contribution in [1.82, 2.24) is 4.90 Å². The van der Waals surface area contributed by atoms with Crippen molar-refractivity contribution in [3.8, 4) is 0 Å². The van der Waals surface area contributed by atoms with E-state index in [4.69, 9.17) is 5.11 Å². The first-order chi connectivity index (χ1) is 7.04. The Kier molecular flexibility index (Phi) is 4.58. The van der Waals surface area contributed by atoms with Gasteiger partial charge in [0.05, 0.1) is 5.92 Å². The van der Waals surface area contributed by atoms with Crippen LogP contribution in [0.2, 0.25) is 0 Å². The first-order valence-electron chi connectivity index (χ1n) is 5.99. The topological polar surface area (TPSA) is 40.5 Å². The van der Waals surface area contributed by atoms with Crippen LogP contribution in [-0.2, 0) is 4.79 Å². The molecule has 1 rings (SSSR count). The Hall–Kier alpha value is -0.570. The molecule has 0 aromatic carbocycles. The molecule has 1 saturated heterocycles. The summed E-state index contributed by atoms with van der Waals surface area (Å²) in [5, 5.41) is 9.01. The fourth-order valence-electron chi connectivity index (χ4n) is 2.56. The van der Waals surface area contributed by atoms with Crippen LogP contribution in [0.5, 0.6) is 0 Å². The van der Waals surface area contributed by atoms with Gasteiger partial charge in [0.1, 0.15) is 0 Å². The summed E-state index contributed by atoms with van der Waals surface area (Å²) in [6.45, 7) is 9.24. The third-order valence-corrected chi connectivity index (χ3v) is 3.36. The van der Waals surface area contributed by atoms with E-state index < -0.39 is 5.97 Å². The zero-order valence-electron chi connectivity index (χ0n) is 10.1. The molecular weight excluding hydrogens is 190 g/mol. The van der Waals surface area contributed by atoms with Crippen molar-refractivity contribution in [2.45, 2.75) is 33.6 Å². The standard InChI is InChI=1S/C12H23NO2/c1-4-5-9(2)6-13-7-10(3)11(8-13)12(14)15/h9-11H,4-8H2,1-3H3,(H,14,15). The molecule has 0 aromatic rings. The third-order valence-electron chi connectivity index (χ3n) is 3.36. The van der Waals surface area contributed by atoms with Gasteiger partial charge < -0.3 is 10.0 Å². The Morgan fingerprint density at radius 1 is 1.53 bits per heavy atom. The molecule has 0 bridgehead atoms. The molecule has 0 amide bonds. The van der Waals surface area contributed by atoms with Gasteiger partial charge in [-0.1, -0.05) is 27.2 Å². The first kappa shape index (κ1) is 12.5. The molecule has 1 aliphatic rings. The highest BCUT2D eigenvalue weighted by atomic mass is 16.4. The van der Waals surface area contributed by atoms with E-state index in [1.165, 1.54) is 12.8 Å². The van der Waals surface area contributed by atoms with Crippen molar-refractivity contribution < 1.29 is 9.90 Å². The van der Waals surface area contributed by atoms with Crippen LogP contribution in [0.15, 0.2) is 0 Å². The predicted molar refractivity (Wildman–Crippen MR) is 60.8 cm³/mol. The monoisotopic (exact) mass is 213 g/mol. The summed E-state index contributed by atoms with van der Waals surface area (Å²) < 4.78 is 0. The molecule has 3 atom stereocenters. The average molecular weight is 213 g/mol. The Bertz CT molecular complexity index is 218. The average Bonchev–Trinajstić information content (AvgIpc) is 2.47. The highest BCUT2D eigenvalue weighted by molar-refractivity contribution is 5.71. The highest BCUT2D eigenvalue weighted by Gasteiger charge is 2.34. The van der Waals surface area contributed by atoms with Crippen molar-refractivity contribution >= 4 is 5.97 Å². The second kappa shape index (κ2) is 5.50. The number of carboxylic acids is 1. The van der Waals surface area contributed by atoms with Crippen LogP contribution in [0, 0.1) is 17.8 Å². The number of likely N-dealkylation sites (tertiary alicyclic amines) is 1. The van der Waals surface area contributed by atoms with Gasteiger partial charge in [-0.05, 0) is 18.3 Å². The lowest BCUT2D eigenvalue weighted by molar-refractivity contribution is -0.142. The maximum Gasteiger partial charge on any atom is 0.308 e. The molecule has 3 unspecified atom stereocenters. The van der Waals surface area contributed by atoms with Gasteiger partial charge in [-0.15, -0.1) is 0 Å². The molecule has 0 radical (unpaired) electrons. The molecule has 1 fully saturated rings. The SMILES string of the molecule is CCCC(C)CN1CC(C)C(C(=O)O)C1. The van der Waals surface area contributed by atoms with Crippen LogP contribution < -0.4 is 0 Å². The van der Waals surface area contributed by atoms with E-state index in [-0.39, 0.29) is 5.92 Å². The van der Waals surface area contributed by atoms with Gasteiger partial charge in [-0.3, -0.25) is 4.79 Å². The molecule has 1 N–H and O–H groups in total. The molecule has 0 aliphatic carbocycles. The van der Waals surface area contributed by atoms with E-state index in [0.29, 0.717) is 11.8 Å². The molecule has 88 valence electrons. The molecule has 3 heteroatoms. The molecule has 0 saturated carbocycles. The van der Waals surface area contributed by atoms with E-state index >= 15 is 0 Å². The number of carbonyl (C=O) groups is 1. The molecule has 15 heavy (non-hydrogen) atoms. The minimum absolute atomic E-state index is 0.154. The zero-order chi connectivity index (χ0) is 11.4. The first-order valence-corrected chi connectivity index (χ1v) is 5.99. The summed E-state index contributed by atoms with van der Waals surface area (Å²) in [6, 6.07) is 0. The van der Waals surface area contributed by atoms with Crippen LogP contribution in [0.3, 0.4) is 0 Å². The second-order valence-electron chi connectivity index (χ2n) is 5.03. The van der Waals surface area contributed by atoms with Gasteiger partial charge in [-0.2, -0.15) is 0 Å². The Morgan fingerprint density at radius 3 is 2.67 bits per heavy atom. The number of aliphatic carboxylic acids is 1. The lowest BCUT2D eigenvalue weighted by Gasteiger charge is -2.20. The van der Waals surface area contributed by atoms with E-state index in [0.717, 1.165) is 19.6 Å². The largest absolute Gasteiger partial charge is 0.481 e. The summed E-state index contributed by atoms with van der Waals surface area (Å²) in [4.78, 5) is 13.3. The number of carboxylic acid groups (broad SMARTS) is 1. The summed E-state index contributed by atoms with van der Waals surface area (Å²) >= 11 is 0. The third kappa shape index (κ3) is 3.49. The van der Waals surface area contributed by atoms with Crippen molar-refractivity contribution in [3.05, 3.63) is 0 Å². The van der Waals surface area contributed by atoms with Crippen molar-refractivity contribution in [2.75, 3.05) is 19.6 Å². The van der Waals surface area contributed by atoms with Crippen LogP contribution in [0.1, 0.15) is 33.6 Å². The zero-order valence-corrected chi connectivity index (χ0v) is 10.1. The maximum absolute atomic E-state index is 10.9. The van der Waals surface area contributed by atoms with E-state index in [2.05, 4.69) is 18.7 Å². The van der Waals surface area contributed by atoms with Gasteiger partial charge in [0.2, 0.25) is 0 Å². The lowest BCUT2D eigenvalue weighted by atomic mass is 9.99. The smallest absolute Gasteiger partial charge is 0.308 e. The number of nitrogens with zero attached hydrogens (tertiary/aromatic N) is 1. The number of hydrogen-bond donors (Lipinski definition) is 1. The highest BCUT2D eigenvalue weighted by Crippen LogP contribution is 2.24. The lowest BCUT2D eigenvalue weighted by Crippen LogP contribution is -2.27. The number of hydrogen-bond acceptors (Lipinski definition) is 2. The molecule has 1 heterocycles. The predicted octanol–water partition coefficient (Wildman–Crippen LogP) is 2.08. The quantitative estimate of drug-likeness (QED) is 0.760. The van der Waals surface area contributed by atoms with Crippen molar-refractivity contribution in [3.63, 3.8) is 0 Å². The minimum atomic E-state index is -0.631. The van der Waals surface area contributed by atoms with Crippen LogP contribution >= 0.6 is 0 Å². The molecule has 0 aromatic heterocycles. The van der Waals surface area contributed by atoms with Gasteiger partial charge in [-0.25, -0.2) is 0 Å². The summed E-state index contributed by atoms with van der Waals surface area (Å²) in [6.07, 6.45) is 2.45. The summed E-state index contributed by atoms with van der Waals surface area (Å²) in [5.74, 6) is 0.207. The van der Waals surface area contributed by atoms with E-state index in [9.17, 15) is 4.79 Å². The van der Waals surface area contributed by atoms with E-state index in [1.807, 2.05) is 6.92 Å². The van der Waals surface area contributed by atoms with Crippen LogP contribution in [-0.4, -0.2) is 35.6 Å². The maximum atomic E-state index is 10.9. The molecule has 0 spiro atoms. The minimum Gasteiger partial charge on any atom is -0.481 e. The summed E-state index contributed by atoms with van der Waals surface area (Å²) in [7, 11) is 0. The van der Waals surface area contributed by atoms with E-state index in [1.54, 1.807) is 0 Å². The Balaban J connectivity index is 2.38. The van der Waals surface area contributed by atoms with Gasteiger partial charge in [0.15, 0.2) is 0 Å². The Morgan fingerprint density at radius 2 is 2.20 bits per heavy atom. The van der Waals surface area contributed by atoms with Gasteiger partial charge in [0, 0.05) is 19.6 Å². The van der Waals surface area contributed by atoms with Crippen molar-refractivity contribution in [1.29, 1.82) is 0 Å². The van der Waals surface area contributed by atoms with Crippen molar-refractivity contribution in [2.24, 2.45) is 17.8 Å². The number of rotatable bonds is 5. The van der Waals surface area contributed by atoms with Gasteiger partial charge in [0.25, 0.3) is 0 Å².